The Kier molecular flexibility index (Phi) is 5.09. The summed E-state index contributed by atoms with van der Waals surface area (Å²) in [6, 6.07) is 10.0. The molecule has 5 nitrogen and oxygen atoms in total. The Morgan fingerprint density at radius 2 is 1.82 bits per heavy atom. The Morgan fingerprint density at radius 1 is 1.14 bits per heavy atom. The van der Waals surface area contributed by atoms with Crippen LogP contribution in [-0.2, 0) is 6.54 Å². The first-order valence-corrected chi connectivity index (χ1v) is 7.40. The highest BCUT2D eigenvalue weighted by atomic mass is 16.1. The van der Waals surface area contributed by atoms with E-state index < -0.39 is 0 Å². The van der Waals surface area contributed by atoms with E-state index in [2.05, 4.69) is 51.8 Å². The minimum Gasteiger partial charge on any atom is -0.366 e. The first-order chi connectivity index (χ1) is 10.4. The highest BCUT2D eigenvalue weighted by Crippen LogP contribution is 2.10. The van der Waals surface area contributed by atoms with Crippen LogP contribution < -0.4 is 10.6 Å². The molecule has 1 aromatic carbocycles. The van der Waals surface area contributed by atoms with Crippen LogP contribution in [0, 0.1) is 13.8 Å². The zero-order chi connectivity index (χ0) is 16.1. The van der Waals surface area contributed by atoms with Gasteiger partial charge >= 0.3 is 0 Å². The molecule has 1 aromatic heterocycles. The molecule has 2 aromatic rings. The van der Waals surface area contributed by atoms with E-state index in [9.17, 15) is 4.79 Å². The van der Waals surface area contributed by atoms with Crippen molar-refractivity contribution in [3.05, 3.63) is 53.0 Å². The third-order valence-electron chi connectivity index (χ3n) is 3.08. The fourth-order valence-corrected chi connectivity index (χ4v) is 2.01. The molecule has 0 aliphatic heterocycles. The van der Waals surface area contributed by atoms with Crippen LogP contribution in [0.1, 0.15) is 41.3 Å². The van der Waals surface area contributed by atoms with Crippen molar-refractivity contribution in [1.82, 2.24) is 15.3 Å². The summed E-state index contributed by atoms with van der Waals surface area (Å²) in [7, 11) is 0. The number of anilines is 1. The van der Waals surface area contributed by atoms with Gasteiger partial charge in [-0.3, -0.25) is 4.79 Å². The molecule has 0 atom stereocenters. The molecule has 0 aliphatic carbocycles. The van der Waals surface area contributed by atoms with Gasteiger partial charge in [0.1, 0.15) is 17.3 Å². The lowest BCUT2D eigenvalue weighted by Crippen LogP contribution is -2.31. The maximum absolute atomic E-state index is 12.0. The number of aryl methyl sites for hydroxylation is 2. The SMILES string of the molecule is Cc1ccc(CNc2cc(C(=O)NC(C)C)nc(C)n2)cc1. The van der Waals surface area contributed by atoms with Gasteiger partial charge in [-0.25, -0.2) is 9.97 Å². The number of benzene rings is 1. The van der Waals surface area contributed by atoms with Crippen molar-refractivity contribution in [1.29, 1.82) is 0 Å². The monoisotopic (exact) mass is 298 g/mol. The summed E-state index contributed by atoms with van der Waals surface area (Å²) in [6.07, 6.45) is 0. The molecular formula is C17H22N4O. The molecule has 0 saturated heterocycles. The predicted molar refractivity (Wildman–Crippen MR) is 87.9 cm³/mol. The van der Waals surface area contributed by atoms with Crippen molar-refractivity contribution in [2.75, 3.05) is 5.32 Å². The van der Waals surface area contributed by atoms with Gasteiger partial charge < -0.3 is 10.6 Å². The van der Waals surface area contributed by atoms with Gasteiger partial charge in [0.15, 0.2) is 0 Å². The van der Waals surface area contributed by atoms with E-state index in [1.165, 1.54) is 5.56 Å². The number of aromatic nitrogens is 2. The molecular weight excluding hydrogens is 276 g/mol. The summed E-state index contributed by atoms with van der Waals surface area (Å²) in [6.45, 7) is 8.33. The first-order valence-electron chi connectivity index (χ1n) is 7.40. The average Bonchev–Trinajstić information content (AvgIpc) is 2.45. The number of rotatable bonds is 5. The smallest absolute Gasteiger partial charge is 0.270 e. The number of hydrogen-bond donors (Lipinski definition) is 2. The number of hydrogen-bond acceptors (Lipinski definition) is 4. The number of nitrogens with zero attached hydrogens (tertiary/aromatic N) is 2. The lowest BCUT2D eigenvalue weighted by molar-refractivity contribution is 0.0937. The van der Waals surface area contributed by atoms with E-state index >= 15 is 0 Å². The quantitative estimate of drug-likeness (QED) is 0.890. The molecule has 0 saturated carbocycles. The molecule has 0 fully saturated rings. The van der Waals surface area contributed by atoms with Crippen molar-refractivity contribution in [2.24, 2.45) is 0 Å². The molecule has 2 rings (SSSR count). The van der Waals surface area contributed by atoms with Crippen molar-refractivity contribution in [2.45, 2.75) is 40.3 Å². The molecule has 5 heteroatoms. The fourth-order valence-electron chi connectivity index (χ4n) is 2.01. The average molecular weight is 298 g/mol. The zero-order valence-electron chi connectivity index (χ0n) is 13.5. The molecule has 0 radical (unpaired) electrons. The van der Waals surface area contributed by atoms with Crippen molar-refractivity contribution in [3.8, 4) is 0 Å². The van der Waals surface area contributed by atoms with Crippen LogP contribution in [0.5, 0.6) is 0 Å². The summed E-state index contributed by atoms with van der Waals surface area (Å²) in [5, 5.41) is 6.08. The topological polar surface area (TPSA) is 66.9 Å². The summed E-state index contributed by atoms with van der Waals surface area (Å²) in [4.78, 5) is 20.6. The van der Waals surface area contributed by atoms with Gasteiger partial charge in [0, 0.05) is 18.7 Å². The van der Waals surface area contributed by atoms with Crippen molar-refractivity contribution < 1.29 is 4.79 Å². The third kappa shape index (κ3) is 4.55. The zero-order valence-corrected chi connectivity index (χ0v) is 13.5. The van der Waals surface area contributed by atoms with Crippen LogP contribution in [0.25, 0.3) is 0 Å². The second-order valence-corrected chi connectivity index (χ2v) is 5.65. The molecule has 1 heterocycles. The predicted octanol–water partition coefficient (Wildman–Crippen LogP) is 2.84. The van der Waals surface area contributed by atoms with Crippen molar-refractivity contribution in [3.63, 3.8) is 0 Å². The highest BCUT2D eigenvalue weighted by molar-refractivity contribution is 5.93. The van der Waals surface area contributed by atoms with Gasteiger partial charge in [0.25, 0.3) is 5.91 Å². The molecule has 1 amide bonds. The van der Waals surface area contributed by atoms with Gasteiger partial charge in [0.2, 0.25) is 0 Å². The number of amides is 1. The van der Waals surface area contributed by atoms with E-state index in [0.29, 0.717) is 23.9 Å². The molecule has 0 unspecified atom stereocenters. The fraction of sp³-hybridized carbons (Fsp3) is 0.353. The second-order valence-electron chi connectivity index (χ2n) is 5.65. The lowest BCUT2D eigenvalue weighted by Gasteiger charge is -2.11. The molecule has 22 heavy (non-hydrogen) atoms. The molecule has 116 valence electrons. The summed E-state index contributed by atoms with van der Waals surface area (Å²) in [5.74, 6) is 1.05. The standard InChI is InChI=1S/C17H22N4O/c1-11(2)19-17(22)15-9-16(21-13(4)20-15)18-10-14-7-5-12(3)6-8-14/h5-9,11H,10H2,1-4H3,(H,19,22)(H,18,20,21). The van der Waals surface area contributed by atoms with E-state index in [4.69, 9.17) is 0 Å². The van der Waals surface area contributed by atoms with E-state index in [1.54, 1.807) is 13.0 Å². The summed E-state index contributed by atoms with van der Waals surface area (Å²) in [5.41, 5.74) is 2.77. The Balaban J connectivity index is 2.09. The van der Waals surface area contributed by atoms with E-state index in [0.717, 1.165) is 5.56 Å². The van der Waals surface area contributed by atoms with Crippen LogP contribution in [-0.4, -0.2) is 21.9 Å². The van der Waals surface area contributed by atoms with E-state index in [1.807, 2.05) is 13.8 Å². The summed E-state index contributed by atoms with van der Waals surface area (Å²) >= 11 is 0. The first kappa shape index (κ1) is 15.9. The number of nitrogens with one attached hydrogen (secondary N) is 2. The second kappa shape index (κ2) is 7.02. The van der Waals surface area contributed by atoms with Gasteiger partial charge in [-0.05, 0) is 33.3 Å². The van der Waals surface area contributed by atoms with Crippen molar-refractivity contribution >= 4 is 11.7 Å². The lowest BCUT2D eigenvalue weighted by atomic mass is 10.1. The Hall–Kier alpha value is -2.43. The van der Waals surface area contributed by atoms with Gasteiger partial charge in [-0.15, -0.1) is 0 Å². The molecule has 2 N–H and O–H groups in total. The molecule has 0 aliphatic rings. The number of carbonyl (C=O) groups is 1. The Morgan fingerprint density at radius 3 is 2.45 bits per heavy atom. The Bertz CT molecular complexity index is 650. The normalized spacial score (nSPS) is 10.6. The van der Waals surface area contributed by atoms with Gasteiger partial charge in [-0.2, -0.15) is 0 Å². The highest BCUT2D eigenvalue weighted by Gasteiger charge is 2.11. The van der Waals surface area contributed by atoms with Crippen LogP contribution in [0.4, 0.5) is 5.82 Å². The van der Waals surface area contributed by atoms with Crippen LogP contribution in [0.2, 0.25) is 0 Å². The number of carbonyl (C=O) groups excluding carboxylic acids is 1. The van der Waals surface area contributed by atoms with Gasteiger partial charge in [-0.1, -0.05) is 29.8 Å². The summed E-state index contributed by atoms with van der Waals surface area (Å²) < 4.78 is 0. The molecule has 0 bridgehead atoms. The molecule has 0 spiro atoms. The van der Waals surface area contributed by atoms with Crippen LogP contribution >= 0.6 is 0 Å². The van der Waals surface area contributed by atoms with E-state index in [-0.39, 0.29) is 11.9 Å². The minimum atomic E-state index is -0.182. The third-order valence-corrected chi connectivity index (χ3v) is 3.08. The van der Waals surface area contributed by atoms with Crippen LogP contribution in [0.15, 0.2) is 30.3 Å². The van der Waals surface area contributed by atoms with Crippen LogP contribution in [0.3, 0.4) is 0 Å². The Labute approximate surface area is 131 Å². The maximum Gasteiger partial charge on any atom is 0.270 e. The largest absolute Gasteiger partial charge is 0.366 e. The van der Waals surface area contributed by atoms with Gasteiger partial charge in [0.05, 0.1) is 0 Å². The minimum absolute atomic E-state index is 0.0757. The maximum atomic E-state index is 12.0.